The van der Waals surface area contributed by atoms with E-state index in [4.69, 9.17) is 0 Å². The van der Waals surface area contributed by atoms with Gasteiger partial charge in [0.1, 0.15) is 0 Å². The van der Waals surface area contributed by atoms with Gasteiger partial charge in [0.05, 0.1) is 0 Å². The van der Waals surface area contributed by atoms with Crippen LogP contribution in [0.3, 0.4) is 0 Å². The second kappa shape index (κ2) is 4.13. The van der Waals surface area contributed by atoms with Crippen molar-refractivity contribution >= 4 is 24.1 Å². The first-order valence-electron chi connectivity index (χ1n) is 4.87. The van der Waals surface area contributed by atoms with Crippen molar-refractivity contribution in [2.75, 3.05) is 0 Å². The van der Waals surface area contributed by atoms with Gasteiger partial charge in [-0.05, 0) is 0 Å². The van der Waals surface area contributed by atoms with Gasteiger partial charge in [-0.25, -0.2) is 0 Å². The molecule has 0 aliphatic rings. The van der Waals surface area contributed by atoms with Gasteiger partial charge in [-0.3, -0.25) is 0 Å². The van der Waals surface area contributed by atoms with E-state index in [1.165, 1.54) is 24.6 Å². The predicted molar refractivity (Wildman–Crippen MR) is 59.5 cm³/mol. The molecule has 1 aromatic carbocycles. The molecule has 0 bridgehead atoms. The number of rotatable bonds is 3. The van der Waals surface area contributed by atoms with Crippen LogP contribution in [0.15, 0.2) is 30.3 Å². The fourth-order valence-corrected chi connectivity index (χ4v) is 3.83. The molecule has 0 saturated carbocycles. The van der Waals surface area contributed by atoms with E-state index in [1.807, 2.05) is 0 Å². The summed E-state index contributed by atoms with van der Waals surface area (Å²) in [4.78, 5) is 0. The Bertz CT molecular complexity index is 354. The average Bonchev–Trinajstić information content (AvgIpc) is 2.57. The maximum atomic E-state index is 2.39. The molecule has 0 atom stereocenters. The van der Waals surface area contributed by atoms with Gasteiger partial charge < -0.3 is 0 Å². The van der Waals surface area contributed by atoms with Crippen LogP contribution in [0.1, 0.15) is 24.2 Å². The van der Waals surface area contributed by atoms with Gasteiger partial charge in [-0.15, -0.1) is 0 Å². The molecule has 1 heteroatoms. The van der Waals surface area contributed by atoms with E-state index in [0.29, 0.717) is 14.5 Å². The summed E-state index contributed by atoms with van der Waals surface area (Å²) >= 11 is 0.631. The Morgan fingerprint density at radius 2 is 2.08 bits per heavy atom. The average molecular weight is 237 g/mol. The minimum absolute atomic E-state index is 0.631. The molecule has 0 N–H and O–H groups in total. The summed E-state index contributed by atoms with van der Waals surface area (Å²) in [5.74, 6) is 0. The van der Waals surface area contributed by atoms with Crippen molar-refractivity contribution < 1.29 is 0 Å². The molecular formula is C12H14Se. The number of unbranched alkanes of at least 4 members (excludes halogenated alkanes) is 1. The molecule has 2 aromatic rings. The zero-order valence-corrected chi connectivity index (χ0v) is 9.63. The molecule has 0 aliphatic carbocycles. The Labute approximate surface area is 85.3 Å². The SMILES string of the molecule is CCCCc1cc2ccccc2[se]1. The van der Waals surface area contributed by atoms with E-state index in [9.17, 15) is 0 Å². The van der Waals surface area contributed by atoms with Gasteiger partial charge in [0.2, 0.25) is 0 Å². The van der Waals surface area contributed by atoms with Crippen LogP contribution < -0.4 is 0 Å². The number of benzene rings is 1. The van der Waals surface area contributed by atoms with Crippen LogP contribution in [0.5, 0.6) is 0 Å². The van der Waals surface area contributed by atoms with Crippen LogP contribution in [0.25, 0.3) is 9.65 Å². The van der Waals surface area contributed by atoms with Crippen LogP contribution in [-0.4, -0.2) is 14.5 Å². The van der Waals surface area contributed by atoms with Gasteiger partial charge >= 0.3 is 85.1 Å². The molecule has 1 aromatic heterocycles. The Morgan fingerprint density at radius 1 is 1.23 bits per heavy atom. The predicted octanol–water partition coefficient (Wildman–Crippen LogP) is 3.24. The van der Waals surface area contributed by atoms with Crippen LogP contribution in [-0.2, 0) is 6.42 Å². The number of hydrogen-bond donors (Lipinski definition) is 0. The van der Waals surface area contributed by atoms with Crippen molar-refractivity contribution in [1.29, 1.82) is 0 Å². The first-order valence-corrected chi connectivity index (χ1v) is 6.59. The molecule has 0 spiro atoms. The van der Waals surface area contributed by atoms with Crippen LogP contribution in [0, 0.1) is 0 Å². The normalized spacial score (nSPS) is 10.8. The molecule has 1 heterocycles. The van der Waals surface area contributed by atoms with E-state index in [2.05, 4.69) is 37.3 Å². The minimum atomic E-state index is 0.631. The van der Waals surface area contributed by atoms with Crippen molar-refractivity contribution in [3.63, 3.8) is 0 Å². The molecule has 0 amide bonds. The number of fused-ring (bicyclic) bond motifs is 1. The third-order valence-corrected chi connectivity index (χ3v) is 4.72. The summed E-state index contributed by atoms with van der Waals surface area (Å²) in [6.45, 7) is 2.26. The summed E-state index contributed by atoms with van der Waals surface area (Å²) in [5.41, 5.74) is 0. The van der Waals surface area contributed by atoms with Crippen molar-refractivity contribution in [2.45, 2.75) is 26.2 Å². The molecule has 0 nitrogen and oxygen atoms in total. The third-order valence-electron chi connectivity index (χ3n) is 2.25. The second-order valence-corrected chi connectivity index (χ2v) is 5.81. The molecule has 0 fully saturated rings. The fraction of sp³-hybridized carbons (Fsp3) is 0.333. The first-order chi connectivity index (χ1) is 6.40. The molecular weight excluding hydrogens is 223 g/mol. The molecule has 0 unspecified atom stereocenters. The third kappa shape index (κ3) is 2.04. The number of hydrogen-bond acceptors (Lipinski definition) is 0. The first kappa shape index (κ1) is 9.05. The summed E-state index contributed by atoms with van der Waals surface area (Å²) < 4.78 is 3.25. The molecule has 0 saturated heterocycles. The maximum absolute atomic E-state index is 2.39. The van der Waals surface area contributed by atoms with Gasteiger partial charge in [-0.2, -0.15) is 0 Å². The molecule has 2 rings (SSSR count). The Balaban J connectivity index is 2.28. The zero-order valence-electron chi connectivity index (χ0n) is 7.92. The van der Waals surface area contributed by atoms with Gasteiger partial charge in [-0.1, -0.05) is 0 Å². The zero-order chi connectivity index (χ0) is 9.10. The Hall–Kier alpha value is -0.521. The van der Waals surface area contributed by atoms with Crippen LogP contribution >= 0.6 is 0 Å². The summed E-state index contributed by atoms with van der Waals surface area (Å²) in [7, 11) is 0. The standard InChI is InChI=1S/C12H14Se/c1-2-3-7-11-9-10-6-4-5-8-12(10)13-11/h4-6,8-9H,2-3,7H2,1H3. The van der Waals surface area contributed by atoms with Crippen molar-refractivity contribution in [1.82, 2.24) is 0 Å². The van der Waals surface area contributed by atoms with Crippen LogP contribution in [0.2, 0.25) is 0 Å². The summed E-state index contributed by atoms with van der Waals surface area (Å²) in [6, 6.07) is 11.2. The molecule has 0 aliphatic heterocycles. The van der Waals surface area contributed by atoms with Crippen molar-refractivity contribution in [2.24, 2.45) is 0 Å². The van der Waals surface area contributed by atoms with Crippen molar-refractivity contribution in [3.05, 3.63) is 34.8 Å². The van der Waals surface area contributed by atoms with E-state index >= 15 is 0 Å². The van der Waals surface area contributed by atoms with Gasteiger partial charge in [0, 0.05) is 0 Å². The molecule has 68 valence electrons. The van der Waals surface area contributed by atoms with Gasteiger partial charge in [0.25, 0.3) is 0 Å². The Kier molecular flexibility index (Phi) is 2.87. The number of aryl methyl sites for hydroxylation is 1. The summed E-state index contributed by atoms with van der Waals surface area (Å²) in [6.07, 6.45) is 3.97. The second-order valence-electron chi connectivity index (χ2n) is 3.35. The fourth-order valence-electron chi connectivity index (χ4n) is 1.51. The van der Waals surface area contributed by atoms with Crippen molar-refractivity contribution in [3.8, 4) is 0 Å². The molecule has 13 heavy (non-hydrogen) atoms. The van der Waals surface area contributed by atoms with Gasteiger partial charge in [0.15, 0.2) is 0 Å². The van der Waals surface area contributed by atoms with E-state index in [-0.39, 0.29) is 0 Å². The molecule has 0 radical (unpaired) electrons. The van der Waals surface area contributed by atoms with Crippen LogP contribution in [0.4, 0.5) is 0 Å². The summed E-state index contributed by atoms with van der Waals surface area (Å²) in [5, 5.41) is 1.47. The van der Waals surface area contributed by atoms with E-state index < -0.39 is 0 Å². The quantitative estimate of drug-likeness (QED) is 0.719. The Morgan fingerprint density at radius 3 is 2.85 bits per heavy atom. The van der Waals surface area contributed by atoms with E-state index in [0.717, 1.165) is 0 Å². The van der Waals surface area contributed by atoms with E-state index in [1.54, 1.807) is 8.70 Å². The monoisotopic (exact) mass is 238 g/mol. The topological polar surface area (TPSA) is 0 Å².